The Bertz CT molecular complexity index is 395. The SMILES string of the molecule is COC1CCCC(Oc2c(Br)cccc2CBr)C1. The molecule has 1 fully saturated rings. The first kappa shape index (κ1) is 14.4. The zero-order chi connectivity index (χ0) is 13.0. The van der Waals surface area contributed by atoms with Crippen LogP contribution < -0.4 is 4.74 Å². The largest absolute Gasteiger partial charge is 0.489 e. The van der Waals surface area contributed by atoms with Crippen LogP contribution in [0.25, 0.3) is 0 Å². The van der Waals surface area contributed by atoms with E-state index in [0.29, 0.717) is 6.10 Å². The number of methoxy groups -OCH3 is 1. The van der Waals surface area contributed by atoms with Gasteiger partial charge in [0.25, 0.3) is 0 Å². The first-order chi connectivity index (χ1) is 8.74. The minimum Gasteiger partial charge on any atom is -0.489 e. The van der Waals surface area contributed by atoms with E-state index in [1.807, 2.05) is 12.1 Å². The van der Waals surface area contributed by atoms with Gasteiger partial charge in [0.05, 0.1) is 10.6 Å². The van der Waals surface area contributed by atoms with E-state index >= 15 is 0 Å². The van der Waals surface area contributed by atoms with Crippen LogP contribution in [0.4, 0.5) is 0 Å². The predicted molar refractivity (Wildman–Crippen MR) is 80.5 cm³/mol. The number of hydrogen-bond acceptors (Lipinski definition) is 2. The highest BCUT2D eigenvalue weighted by Gasteiger charge is 2.24. The first-order valence-electron chi connectivity index (χ1n) is 6.27. The van der Waals surface area contributed by atoms with Crippen LogP contribution in [-0.2, 0) is 10.1 Å². The van der Waals surface area contributed by atoms with Gasteiger partial charge in [-0.15, -0.1) is 0 Å². The van der Waals surface area contributed by atoms with E-state index in [1.165, 1.54) is 12.0 Å². The Balaban J connectivity index is 2.09. The molecule has 0 bridgehead atoms. The molecule has 1 aromatic rings. The topological polar surface area (TPSA) is 18.5 Å². The average molecular weight is 378 g/mol. The summed E-state index contributed by atoms with van der Waals surface area (Å²) < 4.78 is 12.7. The van der Waals surface area contributed by atoms with Crippen molar-refractivity contribution in [3.05, 3.63) is 28.2 Å². The van der Waals surface area contributed by atoms with E-state index < -0.39 is 0 Å². The molecule has 1 aliphatic carbocycles. The van der Waals surface area contributed by atoms with Crippen LogP contribution in [0.5, 0.6) is 5.75 Å². The zero-order valence-electron chi connectivity index (χ0n) is 10.5. The quantitative estimate of drug-likeness (QED) is 0.709. The fourth-order valence-corrected chi connectivity index (χ4v) is 3.32. The van der Waals surface area contributed by atoms with E-state index in [-0.39, 0.29) is 6.10 Å². The maximum Gasteiger partial charge on any atom is 0.137 e. The molecular formula is C14H18Br2O2. The van der Waals surface area contributed by atoms with Crippen LogP contribution in [0.15, 0.2) is 22.7 Å². The van der Waals surface area contributed by atoms with Gasteiger partial charge in [-0.2, -0.15) is 0 Å². The van der Waals surface area contributed by atoms with Gasteiger partial charge in [-0.3, -0.25) is 0 Å². The molecule has 1 aliphatic rings. The molecule has 2 unspecified atom stereocenters. The fraction of sp³-hybridized carbons (Fsp3) is 0.571. The first-order valence-corrected chi connectivity index (χ1v) is 8.19. The van der Waals surface area contributed by atoms with Gasteiger partial charge in [0, 0.05) is 24.4 Å². The monoisotopic (exact) mass is 376 g/mol. The molecule has 100 valence electrons. The number of para-hydroxylation sites is 1. The predicted octanol–water partition coefficient (Wildman–Crippen LogP) is 4.68. The molecule has 1 saturated carbocycles. The van der Waals surface area contributed by atoms with Crippen LogP contribution in [0.2, 0.25) is 0 Å². The molecule has 2 nitrogen and oxygen atoms in total. The summed E-state index contributed by atoms with van der Waals surface area (Å²) >= 11 is 7.08. The number of rotatable bonds is 4. The lowest BCUT2D eigenvalue weighted by Gasteiger charge is -2.29. The Hall–Kier alpha value is -0.0600. The van der Waals surface area contributed by atoms with Gasteiger partial charge in [0.15, 0.2) is 0 Å². The summed E-state index contributed by atoms with van der Waals surface area (Å²) in [6.07, 6.45) is 5.04. The van der Waals surface area contributed by atoms with Crippen molar-refractivity contribution in [1.82, 2.24) is 0 Å². The van der Waals surface area contributed by atoms with Crippen molar-refractivity contribution in [3.63, 3.8) is 0 Å². The summed E-state index contributed by atoms with van der Waals surface area (Å²) in [5.74, 6) is 0.969. The van der Waals surface area contributed by atoms with Crippen molar-refractivity contribution in [2.45, 2.75) is 43.2 Å². The Morgan fingerprint density at radius 2 is 2.06 bits per heavy atom. The van der Waals surface area contributed by atoms with Gasteiger partial charge in [0.1, 0.15) is 11.9 Å². The zero-order valence-corrected chi connectivity index (χ0v) is 13.7. The van der Waals surface area contributed by atoms with E-state index in [1.54, 1.807) is 7.11 Å². The van der Waals surface area contributed by atoms with Gasteiger partial charge in [0.2, 0.25) is 0 Å². The molecule has 0 radical (unpaired) electrons. The summed E-state index contributed by atoms with van der Waals surface area (Å²) in [4.78, 5) is 0. The van der Waals surface area contributed by atoms with Crippen molar-refractivity contribution in [2.75, 3.05) is 7.11 Å². The lowest BCUT2D eigenvalue weighted by Crippen LogP contribution is -2.29. The molecule has 2 atom stereocenters. The summed E-state index contributed by atoms with van der Waals surface area (Å²) in [5.41, 5.74) is 1.18. The second-order valence-electron chi connectivity index (χ2n) is 4.63. The third kappa shape index (κ3) is 3.49. The summed E-state index contributed by atoms with van der Waals surface area (Å²) in [7, 11) is 1.79. The third-order valence-corrected chi connectivity index (χ3v) is 4.62. The lowest BCUT2D eigenvalue weighted by molar-refractivity contribution is 0.0205. The van der Waals surface area contributed by atoms with Crippen molar-refractivity contribution < 1.29 is 9.47 Å². The molecule has 0 amide bonds. The Labute approximate surface area is 125 Å². The normalized spacial score (nSPS) is 23.9. The van der Waals surface area contributed by atoms with Crippen LogP contribution in [-0.4, -0.2) is 19.3 Å². The van der Waals surface area contributed by atoms with Gasteiger partial charge in [-0.1, -0.05) is 28.1 Å². The molecule has 0 spiro atoms. The smallest absolute Gasteiger partial charge is 0.137 e. The van der Waals surface area contributed by atoms with Gasteiger partial charge >= 0.3 is 0 Å². The second-order valence-corrected chi connectivity index (χ2v) is 6.04. The summed E-state index contributed by atoms with van der Waals surface area (Å²) in [6, 6.07) is 6.15. The van der Waals surface area contributed by atoms with E-state index in [2.05, 4.69) is 37.9 Å². The number of hydrogen-bond donors (Lipinski definition) is 0. The maximum absolute atomic E-state index is 6.18. The highest BCUT2D eigenvalue weighted by atomic mass is 79.9. The Morgan fingerprint density at radius 1 is 1.28 bits per heavy atom. The number of benzene rings is 1. The molecule has 0 N–H and O–H groups in total. The minimum absolute atomic E-state index is 0.264. The van der Waals surface area contributed by atoms with Crippen LogP contribution in [0.3, 0.4) is 0 Å². The third-order valence-electron chi connectivity index (χ3n) is 3.39. The maximum atomic E-state index is 6.18. The van der Waals surface area contributed by atoms with Gasteiger partial charge < -0.3 is 9.47 Å². The van der Waals surface area contributed by atoms with E-state index in [0.717, 1.165) is 34.8 Å². The fourth-order valence-electron chi connectivity index (χ4n) is 2.38. The van der Waals surface area contributed by atoms with Gasteiger partial charge in [-0.05, 0) is 41.3 Å². The molecule has 0 aliphatic heterocycles. The van der Waals surface area contributed by atoms with Crippen molar-refractivity contribution in [3.8, 4) is 5.75 Å². The number of alkyl halides is 1. The standard InChI is InChI=1S/C14H18Br2O2/c1-17-11-5-3-6-12(8-11)18-14-10(9-15)4-2-7-13(14)16/h2,4,7,11-12H,3,5-6,8-9H2,1H3. The average Bonchev–Trinajstić information content (AvgIpc) is 2.41. The van der Waals surface area contributed by atoms with Crippen LogP contribution in [0.1, 0.15) is 31.2 Å². The van der Waals surface area contributed by atoms with Crippen molar-refractivity contribution in [1.29, 1.82) is 0 Å². The van der Waals surface area contributed by atoms with E-state index in [9.17, 15) is 0 Å². The van der Waals surface area contributed by atoms with Gasteiger partial charge in [-0.25, -0.2) is 0 Å². The molecule has 0 saturated heterocycles. The molecule has 18 heavy (non-hydrogen) atoms. The summed E-state index contributed by atoms with van der Waals surface area (Å²) in [6.45, 7) is 0. The Morgan fingerprint density at radius 3 is 2.78 bits per heavy atom. The molecule has 4 heteroatoms. The number of halogens is 2. The van der Waals surface area contributed by atoms with Crippen LogP contribution in [0, 0.1) is 0 Å². The van der Waals surface area contributed by atoms with Crippen molar-refractivity contribution in [2.24, 2.45) is 0 Å². The molecule has 0 heterocycles. The van der Waals surface area contributed by atoms with E-state index in [4.69, 9.17) is 9.47 Å². The highest BCUT2D eigenvalue weighted by Crippen LogP contribution is 2.34. The van der Waals surface area contributed by atoms with Crippen molar-refractivity contribution >= 4 is 31.9 Å². The molecular weight excluding hydrogens is 360 g/mol. The highest BCUT2D eigenvalue weighted by molar-refractivity contribution is 9.10. The molecule has 1 aromatic carbocycles. The second kappa shape index (κ2) is 6.92. The van der Waals surface area contributed by atoms with Crippen LogP contribution >= 0.6 is 31.9 Å². The lowest BCUT2D eigenvalue weighted by atomic mass is 9.95. The number of ether oxygens (including phenoxy) is 2. The molecule has 2 rings (SSSR count). The summed E-state index contributed by atoms with van der Waals surface area (Å²) in [5, 5.41) is 0.808. The minimum atomic E-state index is 0.264. The molecule has 0 aromatic heterocycles. The Kier molecular flexibility index (Phi) is 5.52.